The monoisotopic (exact) mass is 232 g/mol. The van der Waals surface area contributed by atoms with Gasteiger partial charge in [0.25, 0.3) is 0 Å². The lowest BCUT2D eigenvalue weighted by Crippen LogP contribution is -2.25. The number of hydrogen-bond donors (Lipinski definition) is 0. The number of ether oxygens (including phenoxy) is 2. The van der Waals surface area contributed by atoms with E-state index < -0.39 is 0 Å². The predicted molar refractivity (Wildman–Crippen MR) is 60.7 cm³/mol. The van der Waals surface area contributed by atoms with Crippen LogP contribution in [0, 0.1) is 0 Å². The van der Waals surface area contributed by atoms with Crippen molar-refractivity contribution in [3.05, 3.63) is 0 Å². The molecule has 2 heterocycles. The summed E-state index contributed by atoms with van der Waals surface area (Å²) >= 11 is 4.22. The second-order valence-electron chi connectivity index (χ2n) is 4.73. The molecule has 80 valence electrons. The van der Waals surface area contributed by atoms with Crippen LogP contribution in [0.1, 0.15) is 26.7 Å². The Bertz CT molecular complexity index is 231. The molecule has 0 unspecified atom stereocenters. The van der Waals surface area contributed by atoms with Crippen LogP contribution in [0.15, 0.2) is 0 Å². The lowest BCUT2D eigenvalue weighted by molar-refractivity contribution is -0.151. The van der Waals surface area contributed by atoms with E-state index >= 15 is 0 Å². The Labute approximate surface area is 93.5 Å². The number of rotatable bonds is 0. The van der Waals surface area contributed by atoms with Gasteiger partial charge in [0, 0.05) is 24.3 Å². The van der Waals surface area contributed by atoms with Crippen LogP contribution in [0.4, 0.5) is 0 Å². The molecule has 4 heteroatoms. The van der Waals surface area contributed by atoms with Gasteiger partial charge < -0.3 is 9.47 Å². The third-order valence-electron chi connectivity index (χ3n) is 3.12. The van der Waals surface area contributed by atoms with E-state index in [4.69, 9.17) is 9.47 Å². The first kappa shape index (κ1) is 9.82. The standard InChI is InChI=1S/C10H16O2S2/c1-9(2)11-7-5-10(6-8(7)12-9)13-3-4-14-10/h7-8H,3-6H2,1-2H3/t7-,8+. The molecule has 3 rings (SSSR count). The normalized spacial score (nSPS) is 43.3. The minimum atomic E-state index is -0.342. The molecule has 1 aliphatic carbocycles. The van der Waals surface area contributed by atoms with Crippen molar-refractivity contribution < 1.29 is 9.47 Å². The van der Waals surface area contributed by atoms with Crippen molar-refractivity contribution in [1.29, 1.82) is 0 Å². The van der Waals surface area contributed by atoms with E-state index in [1.807, 2.05) is 13.8 Å². The fourth-order valence-electron chi connectivity index (χ4n) is 2.68. The molecule has 0 amide bonds. The Hall–Kier alpha value is 0.620. The summed E-state index contributed by atoms with van der Waals surface area (Å²) in [6.07, 6.45) is 3.05. The van der Waals surface area contributed by atoms with Gasteiger partial charge in [0.1, 0.15) is 0 Å². The Morgan fingerprint density at radius 1 is 1.00 bits per heavy atom. The lowest BCUT2D eigenvalue weighted by Gasteiger charge is -2.25. The molecule has 2 aliphatic heterocycles. The van der Waals surface area contributed by atoms with E-state index in [-0.39, 0.29) is 5.79 Å². The third kappa shape index (κ3) is 1.51. The SMILES string of the molecule is CC1(C)O[C@H]2CC3(C[C@H]2O1)SCCS3. The van der Waals surface area contributed by atoms with E-state index in [1.165, 1.54) is 24.3 Å². The summed E-state index contributed by atoms with van der Waals surface area (Å²) in [7, 11) is 0. The highest BCUT2D eigenvalue weighted by molar-refractivity contribution is 8.21. The summed E-state index contributed by atoms with van der Waals surface area (Å²) in [5.41, 5.74) is 0. The van der Waals surface area contributed by atoms with Crippen molar-refractivity contribution >= 4 is 23.5 Å². The predicted octanol–water partition coefficient (Wildman–Crippen LogP) is 2.48. The quantitative estimate of drug-likeness (QED) is 0.638. The smallest absolute Gasteiger partial charge is 0.163 e. The highest BCUT2D eigenvalue weighted by Gasteiger charge is 2.55. The number of thioether (sulfide) groups is 2. The Morgan fingerprint density at radius 2 is 1.50 bits per heavy atom. The van der Waals surface area contributed by atoms with Crippen LogP contribution in [-0.4, -0.2) is 33.6 Å². The van der Waals surface area contributed by atoms with Crippen molar-refractivity contribution in [2.24, 2.45) is 0 Å². The number of hydrogen-bond acceptors (Lipinski definition) is 4. The van der Waals surface area contributed by atoms with Crippen molar-refractivity contribution in [3.8, 4) is 0 Å². The molecule has 2 saturated heterocycles. The Kier molecular flexibility index (Phi) is 2.15. The maximum absolute atomic E-state index is 5.91. The van der Waals surface area contributed by atoms with Gasteiger partial charge in [-0.1, -0.05) is 0 Å². The van der Waals surface area contributed by atoms with Crippen LogP contribution < -0.4 is 0 Å². The van der Waals surface area contributed by atoms with Gasteiger partial charge >= 0.3 is 0 Å². The van der Waals surface area contributed by atoms with E-state index in [0.29, 0.717) is 16.3 Å². The van der Waals surface area contributed by atoms with E-state index in [0.717, 1.165) is 0 Å². The minimum absolute atomic E-state index is 0.342. The molecule has 3 fully saturated rings. The van der Waals surface area contributed by atoms with E-state index in [9.17, 15) is 0 Å². The average molecular weight is 232 g/mol. The fraction of sp³-hybridized carbons (Fsp3) is 1.00. The fourth-order valence-corrected chi connectivity index (χ4v) is 6.06. The second kappa shape index (κ2) is 3.06. The Balaban J connectivity index is 1.74. The molecule has 0 bridgehead atoms. The van der Waals surface area contributed by atoms with Crippen LogP contribution in [-0.2, 0) is 9.47 Å². The molecule has 0 N–H and O–H groups in total. The maximum atomic E-state index is 5.91. The zero-order chi connectivity index (χ0) is 9.81. The summed E-state index contributed by atoms with van der Waals surface area (Å²) < 4.78 is 12.3. The summed E-state index contributed by atoms with van der Waals surface area (Å²) in [6, 6.07) is 0. The van der Waals surface area contributed by atoms with Crippen LogP contribution in [0.5, 0.6) is 0 Å². The van der Waals surface area contributed by atoms with Gasteiger partial charge in [-0.3, -0.25) is 0 Å². The van der Waals surface area contributed by atoms with Crippen molar-refractivity contribution in [1.82, 2.24) is 0 Å². The zero-order valence-corrected chi connectivity index (χ0v) is 10.2. The molecule has 0 aromatic carbocycles. The van der Waals surface area contributed by atoms with Gasteiger partial charge in [0.15, 0.2) is 5.79 Å². The number of fused-ring (bicyclic) bond motifs is 1. The highest BCUT2D eigenvalue weighted by Crippen LogP contribution is 2.57. The van der Waals surface area contributed by atoms with E-state index in [2.05, 4.69) is 23.5 Å². The molecule has 1 spiro atoms. The van der Waals surface area contributed by atoms with Crippen molar-refractivity contribution in [3.63, 3.8) is 0 Å². The highest BCUT2D eigenvalue weighted by atomic mass is 32.2. The zero-order valence-electron chi connectivity index (χ0n) is 8.62. The molecule has 2 nitrogen and oxygen atoms in total. The first-order chi connectivity index (χ1) is 6.59. The molecule has 0 radical (unpaired) electrons. The van der Waals surface area contributed by atoms with E-state index in [1.54, 1.807) is 0 Å². The molecule has 2 atom stereocenters. The van der Waals surface area contributed by atoms with Gasteiger partial charge in [-0.15, -0.1) is 23.5 Å². The largest absolute Gasteiger partial charge is 0.344 e. The first-order valence-corrected chi connectivity index (χ1v) is 7.19. The van der Waals surface area contributed by atoms with Crippen molar-refractivity contribution in [2.45, 2.75) is 48.8 Å². The second-order valence-corrected chi connectivity index (χ2v) is 7.94. The van der Waals surface area contributed by atoms with Gasteiger partial charge in [0.05, 0.1) is 16.3 Å². The summed E-state index contributed by atoms with van der Waals surface area (Å²) in [5.74, 6) is 2.26. The topological polar surface area (TPSA) is 18.5 Å². The Morgan fingerprint density at radius 3 is 2.00 bits per heavy atom. The van der Waals surface area contributed by atoms with Gasteiger partial charge in [-0.2, -0.15) is 0 Å². The van der Waals surface area contributed by atoms with Crippen LogP contribution in [0.25, 0.3) is 0 Å². The average Bonchev–Trinajstić information content (AvgIpc) is 2.65. The lowest BCUT2D eigenvalue weighted by atomic mass is 10.3. The molecule has 3 aliphatic rings. The van der Waals surface area contributed by atoms with Gasteiger partial charge in [-0.05, 0) is 13.8 Å². The van der Waals surface area contributed by atoms with Crippen molar-refractivity contribution in [2.75, 3.05) is 11.5 Å². The maximum Gasteiger partial charge on any atom is 0.163 e. The molecule has 14 heavy (non-hydrogen) atoms. The molecular weight excluding hydrogens is 216 g/mol. The molecular formula is C10H16O2S2. The molecule has 0 aromatic heterocycles. The first-order valence-electron chi connectivity index (χ1n) is 5.22. The molecule has 0 aromatic rings. The summed E-state index contributed by atoms with van der Waals surface area (Å²) in [5, 5.41) is 0. The van der Waals surface area contributed by atoms with Crippen LogP contribution >= 0.6 is 23.5 Å². The minimum Gasteiger partial charge on any atom is -0.344 e. The summed E-state index contributed by atoms with van der Waals surface area (Å²) in [4.78, 5) is 0. The summed E-state index contributed by atoms with van der Waals surface area (Å²) in [6.45, 7) is 4.04. The van der Waals surface area contributed by atoms with Gasteiger partial charge in [0.2, 0.25) is 0 Å². The van der Waals surface area contributed by atoms with Crippen LogP contribution in [0.3, 0.4) is 0 Å². The van der Waals surface area contributed by atoms with Crippen LogP contribution in [0.2, 0.25) is 0 Å². The van der Waals surface area contributed by atoms with Gasteiger partial charge in [-0.25, -0.2) is 0 Å². The molecule has 1 saturated carbocycles. The third-order valence-corrected chi connectivity index (χ3v) is 6.62.